The number of nitrogens with zero attached hydrogens (tertiary/aromatic N) is 1. The number of ether oxygens (including phenoxy) is 1. The molecule has 0 saturated heterocycles. The van der Waals surface area contributed by atoms with Crippen LogP contribution in [0.25, 0.3) is 0 Å². The third-order valence-corrected chi connectivity index (χ3v) is 1.73. The molecule has 0 aliphatic rings. The Morgan fingerprint density at radius 3 is 2.36 bits per heavy atom. The first-order valence-electron chi connectivity index (χ1n) is 4.44. The highest BCUT2D eigenvalue weighted by atomic mass is 16.6. The lowest BCUT2D eigenvalue weighted by atomic mass is 10.2. The summed E-state index contributed by atoms with van der Waals surface area (Å²) in [5.41, 5.74) is 1.06. The number of hydrogen-bond donors (Lipinski definition) is 0. The van der Waals surface area contributed by atoms with E-state index < -0.39 is 4.92 Å². The van der Waals surface area contributed by atoms with Crippen molar-refractivity contribution in [2.24, 2.45) is 0 Å². The van der Waals surface area contributed by atoms with E-state index >= 15 is 0 Å². The van der Waals surface area contributed by atoms with Crippen LogP contribution in [0.15, 0.2) is 24.3 Å². The van der Waals surface area contributed by atoms with E-state index in [1.807, 2.05) is 13.8 Å². The summed E-state index contributed by atoms with van der Waals surface area (Å²) in [6, 6.07) is 6.39. The molecule has 1 aromatic rings. The Balaban J connectivity index is 2.60. The van der Waals surface area contributed by atoms with E-state index in [9.17, 15) is 10.1 Å². The fourth-order valence-corrected chi connectivity index (χ4v) is 0.977. The molecule has 0 radical (unpaired) electrons. The van der Waals surface area contributed by atoms with Crippen molar-refractivity contribution < 1.29 is 9.66 Å². The summed E-state index contributed by atoms with van der Waals surface area (Å²) in [6.45, 7) is 4.40. The van der Waals surface area contributed by atoms with Gasteiger partial charge in [-0.25, -0.2) is 0 Å². The Hall–Kier alpha value is -1.42. The van der Waals surface area contributed by atoms with Gasteiger partial charge < -0.3 is 4.74 Å². The normalized spacial score (nSPS) is 10.5. The van der Waals surface area contributed by atoms with Gasteiger partial charge in [0.2, 0.25) is 0 Å². The molecule has 4 nitrogen and oxygen atoms in total. The Labute approximate surface area is 82.7 Å². The van der Waals surface area contributed by atoms with Crippen molar-refractivity contribution in [2.45, 2.75) is 26.6 Å². The number of rotatable bonds is 4. The molecule has 76 valence electrons. The van der Waals surface area contributed by atoms with Gasteiger partial charge in [0, 0.05) is 12.1 Å². The van der Waals surface area contributed by atoms with E-state index in [0.29, 0.717) is 6.61 Å². The first kappa shape index (κ1) is 10.7. The van der Waals surface area contributed by atoms with Crippen LogP contribution in [-0.2, 0) is 11.3 Å². The van der Waals surface area contributed by atoms with Crippen molar-refractivity contribution in [3.8, 4) is 0 Å². The minimum absolute atomic E-state index is 0.110. The van der Waals surface area contributed by atoms with Gasteiger partial charge in [0.25, 0.3) is 5.69 Å². The van der Waals surface area contributed by atoms with Crippen LogP contribution in [0.1, 0.15) is 19.4 Å². The Morgan fingerprint density at radius 1 is 1.36 bits per heavy atom. The van der Waals surface area contributed by atoms with Gasteiger partial charge in [-0.3, -0.25) is 10.1 Å². The van der Waals surface area contributed by atoms with Gasteiger partial charge in [-0.05, 0) is 31.5 Å². The number of non-ortho nitro benzene ring substituents is 1. The molecule has 0 unspecified atom stereocenters. The molecule has 0 amide bonds. The first-order chi connectivity index (χ1) is 6.59. The second-order valence-corrected chi connectivity index (χ2v) is 3.28. The Kier molecular flexibility index (Phi) is 3.59. The average Bonchev–Trinajstić information content (AvgIpc) is 2.15. The molecule has 1 rings (SSSR count). The number of nitro benzene ring substituents is 1. The topological polar surface area (TPSA) is 52.4 Å². The summed E-state index contributed by atoms with van der Waals surface area (Å²) in [7, 11) is 0. The van der Waals surface area contributed by atoms with Crippen LogP contribution >= 0.6 is 0 Å². The number of benzene rings is 1. The van der Waals surface area contributed by atoms with Gasteiger partial charge in [0.1, 0.15) is 0 Å². The summed E-state index contributed by atoms with van der Waals surface area (Å²) >= 11 is 0. The fourth-order valence-electron chi connectivity index (χ4n) is 0.977. The maximum atomic E-state index is 10.4. The minimum Gasteiger partial charge on any atom is -0.374 e. The summed E-state index contributed by atoms with van der Waals surface area (Å²) in [5.74, 6) is 0. The van der Waals surface area contributed by atoms with Crippen molar-refractivity contribution in [3.05, 3.63) is 39.9 Å². The van der Waals surface area contributed by atoms with Gasteiger partial charge in [-0.2, -0.15) is 0 Å². The van der Waals surface area contributed by atoms with Crippen LogP contribution in [0.3, 0.4) is 0 Å². The van der Waals surface area contributed by atoms with Crippen molar-refractivity contribution in [3.63, 3.8) is 0 Å². The van der Waals surface area contributed by atoms with Crippen LogP contribution in [0.5, 0.6) is 0 Å². The van der Waals surface area contributed by atoms with Gasteiger partial charge in [-0.1, -0.05) is 0 Å². The summed E-state index contributed by atoms with van der Waals surface area (Å²) < 4.78 is 5.36. The van der Waals surface area contributed by atoms with Gasteiger partial charge >= 0.3 is 0 Å². The number of hydrogen-bond acceptors (Lipinski definition) is 3. The van der Waals surface area contributed by atoms with Crippen LogP contribution in [-0.4, -0.2) is 11.0 Å². The molecule has 0 aromatic heterocycles. The summed E-state index contributed by atoms with van der Waals surface area (Å²) in [4.78, 5) is 9.94. The van der Waals surface area contributed by atoms with E-state index in [4.69, 9.17) is 4.74 Å². The van der Waals surface area contributed by atoms with Crippen molar-refractivity contribution in [1.29, 1.82) is 0 Å². The lowest BCUT2D eigenvalue weighted by molar-refractivity contribution is -0.384. The third kappa shape index (κ3) is 3.14. The minimum atomic E-state index is -0.410. The van der Waals surface area contributed by atoms with Crippen molar-refractivity contribution in [2.75, 3.05) is 0 Å². The predicted molar refractivity (Wildman–Crippen MR) is 53.0 cm³/mol. The molecule has 0 heterocycles. The van der Waals surface area contributed by atoms with Gasteiger partial charge in [0.15, 0.2) is 0 Å². The maximum absolute atomic E-state index is 10.4. The molecule has 0 bridgehead atoms. The molecule has 0 aliphatic heterocycles. The van der Waals surface area contributed by atoms with Crippen LogP contribution in [0.4, 0.5) is 5.69 Å². The molecular weight excluding hydrogens is 182 g/mol. The molecule has 1 aromatic carbocycles. The molecule has 0 atom stereocenters. The molecule has 0 N–H and O–H groups in total. The molecule has 14 heavy (non-hydrogen) atoms. The predicted octanol–water partition coefficient (Wildman–Crippen LogP) is 2.52. The highest BCUT2D eigenvalue weighted by molar-refractivity contribution is 5.32. The monoisotopic (exact) mass is 195 g/mol. The van der Waals surface area contributed by atoms with E-state index in [1.54, 1.807) is 12.1 Å². The van der Waals surface area contributed by atoms with Crippen LogP contribution in [0.2, 0.25) is 0 Å². The third-order valence-electron chi connectivity index (χ3n) is 1.73. The highest BCUT2D eigenvalue weighted by Gasteiger charge is 2.03. The largest absolute Gasteiger partial charge is 0.374 e. The highest BCUT2D eigenvalue weighted by Crippen LogP contribution is 2.12. The van der Waals surface area contributed by atoms with E-state index in [1.165, 1.54) is 12.1 Å². The molecule has 0 fully saturated rings. The molecule has 4 heteroatoms. The fraction of sp³-hybridized carbons (Fsp3) is 0.400. The lowest BCUT2D eigenvalue weighted by Gasteiger charge is -2.06. The smallest absolute Gasteiger partial charge is 0.269 e. The van der Waals surface area contributed by atoms with Crippen LogP contribution in [0, 0.1) is 10.1 Å². The Bertz CT molecular complexity index is 306. The van der Waals surface area contributed by atoms with Gasteiger partial charge in [-0.15, -0.1) is 0 Å². The molecule has 0 spiro atoms. The SMILES string of the molecule is CC(C)OCc1ccc([N+](=O)[O-])cc1. The molecular formula is C10H13NO3. The number of nitro groups is 1. The average molecular weight is 195 g/mol. The van der Waals surface area contributed by atoms with E-state index in [0.717, 1.165) is 5.56 Å². The summed E-state index contributed by atoms with van der Waals surface area (Å²) in [6.07, 6.45) is 0.171. The molecule has 0 saturated carbocycles. The summed E-state index contributed by atoms with van der Waals surface area (Å²) in [5, 5.41) is 10.4. The van der Waals surface area contributed by atoms with Crippen molar-refractivity contribution >= 4 is 5.69 Å². The van der Waals surface area contributed by atoms with Crippen LogP contribution < -0.4 is 0 Å². The maximum Gasteiger partial charge on any atom is 0.269 e. The zero-order valence-corrected chi connectivity index (χ0v) is 8.27. The van der Waals surface area contributed by atoms with E-state index in [2.05, 4.69) is 0 Å². The zero-order valence-electron chi connectivity index (χ0n) is 8.27. The van der Waals surface area contributed by atoms with Crippen molar-refractivity contribution in [1.82, 2.24) is 0 Å². The van der Waals surface area contributed by atoms with Gasteiger partial charge in [0.05, 0.1) is 17.6 Å². The van der Waals surface area contributed by atoms with E-state index in [-0.39, 0.29) is 11.8 Å². The lowest BCUT2D eigenvalue weighted by Crippen LogP contribution is -2.02. The Morgan fingerprint density at radius 2 is 1.93 bits per heavy atom. The second kappa shape index (κ2) is 4.72. The second-order valence-electron chi connectivity index (χ2n) is 3.28. The zero-order chi connectivity index (χ0) is 10.6. The quantitative estimate of drug-likeness (QED) is 0.548. The first-order valence-corrected chi connectivity index (χ1v) is 4.44. The standard InChI is InChI=1S/C10H13NO3/c1-8(2)14-7-9-3-5-10(6-4-9)11(12)13/h3-6,8H,7H2,1-2H3. The molecule has 0 aliphatic carbocycles.